The molecule has 0 aliphatic carbocycles. The fourth-order valence-electron chi connectivity index (χ4n) is 2.87. The van der Waals surface area contributed by atoms with E-state index in [1.807, 2.05) is 12.1 Å². The summed E-state index contributed by atoms with van der Waals surface area (Å²) in [4.78, 5) is 26.0. The summed E-state index contributed by atoms with van der Waals surface area (Å²) in [7, 11) is 4.84. The summed E-state index contributed by atoms with van der Waals surface area (Å²) < 4.78 is 16.5. The molecule has 0 saturated carbocycles. The zero-order valence-corrected chi connectivity index (χ0v) is 15.6. The predicted octanol–water partition coefficient (Wildman–Crippen LogP) is 2.10. The first-order valence-corrected chi connectivity index (χ1v) is 8.57. The summed E-state index contributed by atoms with van der Waals surface area (Å²) in [6.07, 6.45) is 0. The third-order valence-electron chi connectivity index (χ3n) is 4.28. The molecule has 2 aromatic carbocycles. The smallest absolute Gasteiger partial charge is 0.254 e. The van der Waals surface area contributed by atoms with E-state index in [1.165, 1.54) is 7.11 Å². The minimum absolute atomic E-state index is 0.144. The molecule has 2 amide bonds. The molecular weight excluding hydrogens is 348 g/mol. The lowest BCUT2D eigenvalue weighted by molar-refractivity contribution is 0.0782. The van der Waals surface area contributed by atoms with Crippen LogP contribution in [0.2, 0.25) is 0 Å². The number of hydrogen-bond acceptors (Lipinski definition) is 5. The molecule has 0 radical (unpaired) electrons. The average molecular weight is 370 g/mol. The van der Waals surface area contributed by atoms with Gasteiger partial charge < -0.3 is 24.4 Å². The second kappa shape index (κ2) is 7.99. The van der Waals surface area contributed by atoms with E-state index in [9.17, 15) is 9.59 Å². The van der Waals surface area contributed by atoms with Gasteiger partial charge in [0.25, 0.3) is 11.8 Å². The van der Waals surface area contributed by atoms with Gasteiger partial charge in [0, 0.05) is 31.8 Å². The van der Waals surface area contributed by atoms with Crippen LogP contribution >= 0.6 is 0 Å². The van der Waals surface area contributed by atoms with Crippen LogP contribution in [0.1, 0.15) is 26.3 Å². The molecule has 7 heteroatoms. The second-order valence-electron chi connectivity index (χ2n) is 6.14. The largest absolute Gasteiger partial charge is 0.493 e. The molecule has 142 valence electrons. The maximum Gasteiger partial charge on any atom is 0.254 e. The third-order valence-corrected chi connectivity index (χ3v) is 4.28. The maximum atomic E-state index is 12.8. The molecule has 0 atom stereocenters. The van der Waals surface area contributed by atoms with Gasteiger partial charge in [0.1, 0.15) is 13.2 Å². The summed E-state index contributed by atoms with van der Waals surface area (Å²) in [6, 6.07) is 10.5. The van der Waals surface area contributed by atoms with Gasteiger partial charge in [0.15, 0.2) is 11.5 Å². The molecular formula is C20H22N2O5. The Morgan fingerprint density at radius 2 is 1.81 bits per heavy atom. The number of benzene rings is 2. The number of nitrogens with zero attached hydrogens (tertiary/aromatic N) is 1. The van der Waals surface area contributed by atoms with E-state index in [4.69, 9.17) is 14.2 Å². The Morgan fingerprint density at radius 1 is 1.11 bits per heavy atom. The van der Waals surface area contributed by atoms with Gasteiger partial charge in [-0.3, -0.25) is 9.59 Å². The number of amides is 2. The first-order valence-electron chi connectivity index (χ1n) is 8.57. The van der Waals surface area contributed by atoms with Gasteiger partial charge >= 0.3 is 0 Å². The number of rotatable bonds is 5. The van der Waals surface area contributed by atoms with Crippen LogP contribution in [0.15, 0.2) is 36.4 Å². The molecule has 0 bridgehead atoms. The number of ether oxygens (including phenoxy) is 3. The summed E-state index contributed by atoms with van der Waals surface area (Å²) in [5.74, 6) is 1.19. The highest BCUT2D eigenvalue weighted by atomic mass is 16.6. The normalized spacial score (nSPS) is 12.3. The maximum absolute atomic E-state index is 12.8. The van der Waals surface area contributed by atoms with Crippen LogP contribution in [-0.4, -0.2) is 51.1 Å². The van der Waals surface area contributed by atoms with Crippen molar-refractivity contribution in [2.45, 2.75) is 6.54 Å². The third kappa shape index (κ3) is 3.97. The van der Waals surface area contributed by atoms with Gasteiger partial charge in [-0.05, 0) is 29.8 Å². The topological polar surface area (TPSA) is 77.1 Å². The lowest BCUT2D eigenvalue weighted by atomic mass is 10.1. The number of carbonyl (C=O) groups is 2. The van der Waals surface area contributed by atoms with E-state index < -0.39 is 0 Å². The van der Waals surface area contributed by atoms with E-state index in [-0.39, 0.29) is 11.8 Å². The highest BCUT2D eigenvalue weighted by molar-refractivity contribution is 5.96. The fraction of sp³-hybridized carbons (Fsp3) is 0.300. The van der Waals surface area contributed by atoms with Crippen molar-refractivity contribution in [3.05, 3.63) is 53.1 Å². The monoisotopic (exact) mass is 370 g/mol. The molecule has 1 aliphatic heterocycles. The standard InChI is InChI=1S/C20H22N2O5/c1-21-19(23)14-6-4-13(5-7-14)12-22(2)20(24)15-10-16(25-3)18-17(11-15)26-8-9-27-18/h4-7,10-11H,8-9,12H2,1-3H3,(H,21,23). The van der Waals surface area contributed by atoms with Crippen LogP contribution in [0.3, 0.4) is 0 Å². The van der Waals surface area contributed by atoms with Crippen LogP contribution in [0.4, 0.5) is 0 Å². The zero-order valence-electron chi connectivity index (χ0n) is 15.6. The zero-order chi connectivity index (χ0) is 19.4. The van der Waals surface area contributed by atoms with Crippen molar-refractivity contribution in [1.29, 1.82) is 0 Å². The van der Waals surface area contributed by atoms with Crippen LogP contribution < -0.4 is 19.5 Å². The molecule has 27 heavy (non-hydrogen) atoms. The fourth-order valence-corrected chi connectivity index (χ4v) is 2.87. The van der Waals surface area contributed by atoms with Crippen molar-refractivity contribution in [2.24, 2.45) is 0 Å². The Kier molecular flexibility index (Phi) is 5.49. The number of hydrogen-bond donors (Lipinski definition) is 1. The Balaban J connectivity index is 1.76. The van der Waals surface area contributed by atoms with Gasteiger partial charge in [-0.15, -0.1) is 0 Å². The van der Waals surface area contributed by atoms with E-state index in [1.54, 1.807) is 43.3 Å². The lowest BCUT2D eigenvalue weighted by Gasteiger charge is -2.23. The quantitative estimate of drug-likeness (QED) is 0.872. The molecule has 0 unspecified atom stereocenters. The molecule has 0 saturated heterocycles. The molecule has 1 N–H and O–H groups in total. The molecule has 0 spiro atoms. The van der Waals surface area contributed by atoms with Crippen molar-refractivity contribution in [3.8, 4) is 17.2 Å². The van der Waals surface area contributed by atoms with E-state index >= 15 is 0 Å². The van der Waals surface area contributed by atoms with Crippen LogP contribution in [0.5, 0.6) is 17.2 Å². The van der Waals surface area contributed by atoms with Gasteiger partial charge in [0.2, 0.25) is 5.75 Å². The number of nitrogens with one attached hydrogen (secondary N) is 1. The van der Waals surface area contributed by atoms with Crippen molar-refractivity contribution in [2.75, 3.05) is 34.4 Å². The van der Waals surface area contributed by atoms with Gasteiger partial charge in [-0.25, -0.2) is 0 Å². The second-order valence-corrected chi connectivity index (χ2v) is 6.14. The molecule has 1 aliphatic rings. The van der Waals surface area contributed by atoms with Crippen molar-refractivity contribution in [1.82, 2.24) is 10.2 Å². The van der Waals surface area contributed by atoms with Crippen LogP contribution in [0, 0.1) is 0 Å². The number of methoxy groups -OCH3 is 1. The minimum atomic E-state index is -0.166. The highest BCUT2D eigenvalue weighted by Crippen LogP contribution is 2.40. The molecule has 7 nitrogen and oxygen atoms in total. The summed E-state index contributed by atoms with van der Waals surface area (Å²) >= 11 is 0. The molecule has 0 fully saturated rings. The van der Waals surface area contributed by atoms with Gasteiger partial charge in [-0.1, -0.05) is 12.1 Å². The average Bonchev–Trinajstić information content (AvgIpc) is 2.72. The highest BCUT2D eigenvalue weighted by Gasteiger charge is 2.22. The Bertz CT molecular complexity index is 831. The number of fused-ring (bicyclic) bond motifs is 1. The Hall–Kier alpha value is -3.22. The lowest BCUT2D eigenvalue weighted by Crippen LogP contribution is -2.26. The summed E-state index contributed by atoms with van der Waals surface area (Å²) in [6.45, 7) is 1.29. The minimum Gasteiger partial charge on any atom is -0.493 e. The van der Waals surface area contributed by atoms with Crippen molar-refractivity contribution in [3.63, 3.8) is 0 Å². The SMILES string of the molecule is CNC(=O)c1ccc(CN(C)C(=O)c2cc(OC)c3c(c2)OCCO3)cc1. The van der Waals surface area contributed by atoms with E-state index in [2.05, 4.69) is 5.32 Å². The van der Waals surface area contributed by atoms with Gasteiger partial charge in [0.05, 0.1) is 7.11 Å². The molecule has 0 aromatic heterocycles. The summed E-state index contributed by atoms with van der Waals surface area (Å²) in [5.41, 5.74) is 1.95. The van der Waals surface area contributed by atoms with E-state index in [0.717, 1.165) is 5.56 Å². The van der Waals surface area contributed by atoms with Gasteiger partial charge in [-0.2, -0.15) is 0 Å². The Labute approximate surface area is 157 Å². The van der Waals surface area contributed by atoms with E-state index in [0.29, 0.717) is 48.1 Å². The number of carbonyl (C=O) groups excluding carboxylic acids is 2. The van der Waals surface area contributed by atoms with Crippen LogP contribution in [0.25, 0.3) is 0 Å². The molecule has 2 aromatic rings. The molecule has 3 rings (SSSR count). The van der Waals surface area contributed by atoms with Crippen LogP contribution in [-0.2, 0) is 6.54 Å². The molecule has 1 heterocycles. The van der Waals surface area contributed by atoms with Crippen molar-refractivity contribution >= 4 is 11.8 Å². The Morgan fingerprint density at radius 3 is 2.48 bits per heavy atom. The first kappa shape index (κ1) is 18.6. The summed E-state index contributed by atoms with van der Waals surface area (Å²) in [5, 5.41) is 2.58. The first-order chi connectivity index (χ1) is 13.0. The van der Waals surface area contributed by atoms with Crippen molar-refractivity contribution < 1.29 is 23.8 Å². The predicted molar refractivity (Wildman–Crippen MR) is 99.6 cm³/mol.